The van der Waals surface area contributed by atoms with E-state index in [0.717, 1.165) is 49.8 Å². The van der Waals surface area contributed by atoms with E-state index < -0.39 is 5.91 Å². The number of nitrogens with zero attached hydrogens (tertiary/aromatic N) is 2. The van der Waals surface area contributed by atoms with E-state index in [1.165, 1.54) is 19.3 Å². The monoisotopic (exact) mass is 377 g/mol. The van der Waals surface area contributed by atoms with Gasteiger partial charge in [-0.05, 0) is 54.7 Å². The molecule has 0 bridgehead atoms. The Labute approximate surface area is 166 Å². The molecule has 146 valence electrons. The van der Waals surface area contributed by atoms with Crippen molar-refractivity contribution in [1.29, 1.82) is 0 Å². The van der Waals surface area contributed by atoms with E-state index in [1.54, 1.807) is 12.1 Å². The topological polar surface area (TPSA) is 66.6 Å². The summed E-state index contributed by atoms with van der Waals surface area (Å²) in [5, 5.41) is 0. The van der Waals surface area contributed by atoms with Crippen molar-refractivity contribution in [1.82, 2.24) is 9.80 Å². The van der Waals surface area contributed by atoms with Crippen molar-refractivity contribution in [3.63, 3.8) is 0 Å². The minimum Gasteiger partial charge on any atom is -0.366 e. The van der Waals surface area contributed by atoms with Gasteiger partial charge in [0.05, 0.1) is 0 Å². The molecule has 2 aromatic rings. The zero-order chi connectivity index (χ0) is 19.5. The molecule has 2 amide bonds. The van der Waals surface area contributed by atoms with Gasteiger partial charge in [-0.2, -0.15) is 0 Å². The Morgan fingerprint density at radius 1 is 0.821 bits per heavy atom. The Kier molecular flexibility index (Phi) is 5.44. The van der Waals surface area contributed by atoms with E-state index in [-0.39, 0.29) is 5.91 Å². The maximum Gasteiger partial charge on any atom is 0.253 e. The SMILES string of the molecule is NC(=O)c1cccc(-c2ccc(C(=O)N3CCCN(C4CCC4)CC3)cc2)c1. The number of amides is 2. The fourth-order valence-electron chi connectivity index (χ4n) is 4.10. The maximum absolute atomic E-state index is 13.0. The summed E-state index contributed by atoms with van der Waals surface area (Å²) in [6, 6.07) is 15.6. The van der Waals surface area contributed by atoms with E-state index in [4.69, 9.17) is 5.73 Å². The number of rotatable bonds is 4. The van der Waals surface area contributed by atoms with Crippen molar-refractivity contribution in [2.45, 2.75) is 31.7 Å². The lowest BCUT2D eigenvalue weighted by molar-refractivity contribution is 0.0749. The summed E-state index contributed by atoms with van der Waals surface area (Å²) in [6.45, 7) is 3.71. The lowest BCUT2D eigenvalue weighted by atomic mass is 9.91. The van der Waals surface area contributed by atoms with Crippen LogP contribution in [-0.2, 0) is 0 Å². The molecule has 4 rings (SSSR count). The molecule has 0 atom stereocenters. The van der Waals surface area contributed by atoms with Crippen LogP contribution in [-0.4, -0.2) is 53.8 Å². The molecule has 0 spiro atoms. The number of nitrogens with two attached hydrogens (primary N) is 1. The second-order valence-electron chi connectivity index (χ2n) is 7.79. The molecule has 1 aliphatic carbocycles. The third-order valence-corrected chi connectivity index (χ3v) is 6.02. The average Bonchev–Trinajstić information content (AvgIpc) is 2.92. The van der Waals surface area contributed by atoms with Crippen molar-refractivity contribution < 1.29 is 9.59 Å². The van der Waals surface area contributed by atoms with Crippen molar-refractivity contribution in [3.05, 3.63) is 59.7 Å². The molecule has 5 nitrogen and oxygen atoms in total. The third-order valence-electron chi connectivity index (χ3n) is 6.02. The summed E-state index contributed by atoms with van der Waals surface area (Å²) >= 11 is 0. The smallest absolute Gasteiger partial charge is 0.253 e. The van der Waals surface area contributed by atoms with Gasteiger partial charge >= 0.3 is 0 Å². The summed E-state index contributed by atoms with van der Waals surface area (Å²) < 4.78 is 0. The zero-order valence-electron chi connectivity index (χ0n) is 16.1. The van der Waals surface area contributed by atoms with Gasteiger partial charge in [0.1, 0.15) is 0 Å². The first-order chi connectivity index (χ1) is 13.6. The van der Waals surface area contributed by atoms with Gasteiger partial charge in [0.15, 0.2) is 0 Å². The first-order valence-corrected chi connectivity index (χ1v) is 10.2. The van der Waals surface area contributed by atoms with Crippen LogP contribution in [0.4, 0.5) is 0 Å². The number of benzene rings is 2. The average molecular weight is 377 g/mol. The molecular formula is C23H27N3O2. The molecular weight excluding hydrogens is 350 g/mol. The second kappa shape index (κ2) is 8.15. The highest BCUT2D eigenvalue weighted by molar-refractivity contribution is 5.95. The number of hydrogen-bond acceptors (Lipinski definition) is 3. The van der Waals surface area contributed by atoms with Crippen molar-refractivity contribution in [2.75, 3.05) is 26.2 Å². The van der Waals surface area contributed by atoms with Gasteiger partial charge < -0.3 is 10.6 Å². The van der Waals surface area contributed by atoms with Crippen molar-refractivity contribution in [2.24, 2.45) is 5.73 Å². The first-order valence-electron chi connectivity index (χ1n) is 10.2. The van der Waals surface area contributed by atoms with Crippen molar-refractivity contribution >= 4 is 11.8 Å². The van der Waals surface area contributed by atoms with E-state index in [2.05, 4.69) is 4.90 Å². The lowest BCUT2D eigenvalue weighted by Gasteiger charge is -2.36. The highest BCUT2D eigenvalue weighted by atomic mass is 16.2. The van der Waals surface area contributed by atoms with Gasteiger partial charge in [-0.15, -0.1) is 0 Å². The van der Waals surface area contributed by atoms with Gasteiger partial charge in [-0.3, -0.25) is 14.5 Å². The number of hydrogen-bond donors (Lipinski definition) is 1. The highest BCUT2D eigenvalue weighted by Crippen LogP contribution is 2.26. The molecule has 2 aliphatic rings. The number of carbonyl (C=O) groups excluding carboxylic acids is 2. The van der Waals surface area contributed by atoms with Gasteiger partial charge in [0.2, 0.25) is 5.91 Å². The number of carbonyl (C=O) groups is 2. The van der Waals surface area contributed by atoms with Crippen LogP contribution in [0, 0.1) is 0 Å². The van der Waals surface area contributed by atoms with Gasteiger partial charge in [-0.1, -0.05) is 30.7 Å². The summed E-state index contributed by atoms with van der Waals surface area (Å²) in [4.78, 5) is 28.9. The Morgan fingerprint density at radius 3 is 2.29 bits per heavy atom. The number of primary amides is 1. The fourth-order valence-corrected chi connectivity index (χ4v) is 4.10. The Bertz CT molecular complexity index is 858. The quantitative estimate of drug-likeness (QED) is 0.890. The first kappa shape index (κ1) is 18.7. The fraction of sp³-hybridized carbons (Fsp3) is 0.391. The molecule has 2 aromatic carbocycles. The van der Waals surface area contributed by atoms with Gasteiger partial charge in [-0.25, -0.2) is 0 Å². The molecule has 2 N–H and O–H groups in total. The predicted octanol–water partition coefficient (Wildman–Crippen LogP) is 3.15. The molecule has 1 saturated carbocycles. The summed E-state index contributed by atoms with van der Waals surface area (Å²) in [5.41, 5.74) is 8.45. The Morgan fingerprint density at radius 2 is 1.61 bits per heavy atom. The normalized spacial score (nSPS) is 18.4. The minimum absolute atomic E-state index is 0.105. The molecule has 2 fully saturated rings. The van der Waals surface area contributed by atoms with E-state index in [1.807, 2.05) is 41.3 Å². The van der Waals surface area contributed by atoms with E-state index >= 15 is 0 Å². The van der Waals surface area contributed by atoms with Crippen molar-refractivity contribution in [3.8, 4) is 11.1 Å². The van der Waals surface area contributed by atoms with E-state index in [0.29, 0.717) is 11.1 Å². The summed E-state index contributed by atoms with van der Waals surface area (Å²) in [7, 11) is 0. The molecule has 0 aromatic heterocycles. The van der Waals surface area contributed by atoms with Crippen LogP contribution in [0.15, 0.2) is 48.5 Å². The second-order valence-corrected chi connectivity index (χ2v) is 7.79. The minimum atomic E-state index is -0.439. The Hall–Kier alpha value is -2.66. The lowest BCUT2D eigenvalue weighted by Crippen LogP contribution is -2.42. The van der Waals surface area contributed by atoms with Gasteiger partial charge in [0, 0.05) is 43.3 Å². The summed E-state index contributed by atoms with van der Waals surface area (Å²) in [6.07, 6.45) is 5.01. The highest BCUT2D eigenvalue weighted by Gasteiger charge is 2.28. The molecule has 1 saturated heterocycles. The van der Waals surface area contributed by atoms with Crippen LogP contribution in [0.3, 0.4) is 0 Å². The van der Waals surface area contributed by atoms with E-state index in [9.17, 15) is 9.59 Å². The Balaban J connectivity index is 1.44. The molecule has 5 heteroatoms. The zero-order valence-corrected chi connectivity index (χ0v) is 16.1. The molecule has 0 unspecified atom stereocenters. The molecule has 1 heterocycles. The predicted molar refractivity (Wildman–Crippen MR) is 110 cm³/mol. The molecule has 1 aliphatic heterocycles. The van der Waals surface area contributed by atoms with Crippen LogP contribution in [0.2, 0.25) is 0 Å². The standard InChI is InChI=1S/C23H27N3O2/c24-22(27)20-5-1-4-19(16-20)17-8-10-18(11-9-17)23(28)26-13-3-12-25(14-15-26)21-6-2-7-21/h1,4-5,8-11,16,21H,2-3,6-7,12-15H2,(H2,24,27). The van der Waals surface area contributed by atoms with Gasteiger partial charge in [0.25, 0.3) is 5.91 Å². The van der Waals surface area contributed by atoms with Crippen LogP contribution in [0.25, 0.3) is 11.1 Å². The van der Waals surface area contributed by atoms with Crippen LogP contribution < -0.4 is 5.73 Å². The van der Waals surface area contributed by atoms with Crippen LogP contribution in [0.1, 0.15) is 46.4 Å². The third kappa shape index (κ3) is 3.94. The summed E-state index contributed by atoms with van der Waals surface area (Å²) in [5.74, 6) is -0.335. The van der Waals surface area contributed by atoms with Crippen LogP contribution in [0.5, 0.6) is 0 Å². The molecule has 28 heavy (non-hydrogen) atoms. The maximum atomic E-state index is 13.0. The molecule has 0 radical (unpaired) electrons. The largest absolute Gasteiger partial charge is 0.366 e. The van der Waals surface area contributed by atoms with Crippen LogP contribution >= 0.6 is 0 Å².